The number of primary amides is 1. The van der Waals surface area contributed by atoms with E-state index in [0.29, 0.717) is 22.4 Å². The van der Waals surface area contributed by atoms with Gasteiger partial charge in [0.15, 0.2) is 5.82 Å². The van der Waals surface area contributed by atoms with Crippen LogP contribution in [-0.2, 0) is 4.79 Å². The molecule has 1 aliphatic heterocycles. The smallest absolute Gasteiger partial charge is 0.409 e. The topological polar surface area (TPSA) is 133 Å². The van der Waals surface area contributed by atoms with Gasteiger partial charge in [0.25, 0.3) is 0 Å². The highest BCUT2D eigenvalue weighted by Gasteiger charge is 2.43. The fraction of sp³-hybridized carbons (Fsp3) is 0.120. The number of nitrogens with one attached hydrogen (secondary N) is 2. The zero-order chi connectivity index (χ0) is 26.7. The second-order valence-corrected chi connectivity index (χ2v) is 8.09. The van der Waals surface area contributed by atoms with E-state index in [9.17, 15) is 22.8 Å². The number of aliphatic carboxylic acids is 1. The Labute approximate surface area is 209 Å². The van der Waals surface area contributed by atoms with Gasteiger partial charge in [-0.25, -0.2) is 15.2 Å². The standard InChI is InChI=1S/C25H21F3N6O3/c1-14-10-20(25(26,27)28)33-34(14)23-19(16-5-2-4-15(11-16)8-9-21(35)36)13-30-24(32-23)31-18-7-3-6-17(12-18)22(29)37/h2-13,20,33H,1H3,(H2,29,37)(H,35,36)(H,30,31,32)/b9-8+. The average Bonchev–Trinajstić information content (AvgIpc) is 3.25. The Bertz CT molecular complexity index is 1420. The van der Waals surface area contributed by atoms with Crippen molar-refractivity contribution in [1.29, 1.82) is 0 Å². The molecule has 0 aliphatic carbocycles. The number of aromatic nitrogens is 2. The molecule has 0 saturated carbocycles. The quantitative estimate of drug-likeness (QED) is 0.347. The molecule has 0 fully saturated rings. The number of carbonyl (C=O) groups is 2. The van der Waals surface area contributed by atoms with Crippen LogP contribution in [0.25, 0.3) is 17.2 Å². The van der Waals surface area contributed by atoms with Crippen LogP contribution in [0, 0.1) is 0 Å². The molecular weight excluding hydrogens is 489 g/mol. The Morgan fingerprint density at radius 2 is 1.95 bits per heavy atom. The van der Waals surface area contributed by atoms with Crippen molar-refractivity contribution in [3.05, 3.63) is 83.7 Å². The number of hydrogen-bond acceptors (Lipinski definition) is 7. The van der Waals surface area contributed by atoms with Crippen LogP contribution < -0.4 is 21.5 Å². The van der Waals surface area contributed by atoms with Crippen molar-refractivity contribution >= 4 is 35.4 Å². The lowest BCUT2D eigenvalue weighted by Gasteiger charge is -2.25. The summed E-state index contributed by atoms with van der Waals surface area (Å²) >= 11 is 0. The Morgan fingerprint density at radius 1 is 1.19 bits per heavy atom. The maximum atomic E-state index is 13.4. The first-order chi connectivity index (χ1) is 17.5. The molecule has 190 valence electrons. The highest BCUT2D eigenvalue weighted by molar-refractivity contribution is 5.94. The molecule has 1 amide bonds. The summed E-state index contributed by atoms with van der Waals surface area (Å²) in [5, 5.41) is 13.1. The van der Waals surface area contributed by atoms with Gasteiger partial charge in [-0.05, 0) is 54.5 Å². The molecule has 2 aromatic carbocycles. The molecule has 0 spiro atoms. The van der Waals surface area contributed by atoms with Crippen LogP contribution in [0.3, 0.4) is 0 Å². The second kappa shape index (κ2) is 10.1. The van der Waals surface area contributed by atoms with Gasteiger partial charge in [0.05, 0.1) is 0 Å². The Hall–Kier alpha value is -4.71. The molecule has 4 rings (SSSR count). The van der Waals surface area contributed by atoms with Crippen molar-refractivity contribution in [3.63, 3.8) is 0 Å². The second-order valence-electron chi connectivity index (χ2n) is 8.09. The van der Waals surface area contributed by atoms with E-state index in [0.717, 1.165) is 12.2 Å². The zero-order valence-electron chi connectivity index (χ0n) is 19.3. The van der Waals surface area contributed by atoms with Gasteiger partial charge in [-0.1, -0.05) is 24.3 Å². The fourth-order valence-electron chi connectivity index (χ4n) is 3.65. The monoisotopic (exact) mass is 510 g/mol. The summed E-state index contributed by atoms with van der Waals surface area (Å²) in [6.07, 6.45) is 0.334. The third-order valence-electron chi connectivity index (χ3n) is 5.38. The van der Waals surface area contributed by atoms with E-state index in [1.165, 1.54) is 36.3 Å². The van der Waals surface area contributed by atoms with Crippen molar-refractivity contribution in [2.24, 2.45) is 5.73 Å². The maximum Gasteiger partial charge on any atom is 0.409 e. The first kappa shape index (κ1) is 25.4. The minimum Gasteiger partial charge on any atom is -0.478 e. The molecule has 9 nitrogen and oxygen atoms in total. The normalized spacial score (nSPS) is 15.6. The number of amides is 1. The third kappa shape index (κ3) is 5.93. The summed E-state index contributed by atoms with van der Waals surface area (Å²) in [4.78, 5) is 31.2. The Morgan fingerprint density at radius 3 is 2.62 bits per heavy atom. The van der Waals surface area contributed by atoms with Gasteiger partial charge in [0, 0.05) is 34.8 Å². The van der Waals surface area contributed by atoms with Gasteiger partial charge in [0.1, 0.15) is 6.04 Å². The van der Waals surface area contributed by atoms with Gasteiger partial charge in [-0.2, -0.15) is 18.2 Å². The molecule has 0 bridgehead atoms. The van der Waals surface area contributed by atoms with Crippen molar-refractivity contribution in [2.45, 2.75) is 19.1 Å². The Balaban J connectivity index is 1.77. The summed E-state index contributed by atoms with van der Waals surface area (Å²) < 4.78 is 40.3. The SMILES string of the molecule is CC1=CC(C(F)(F)F)NN1c1nc(Nc2cccc(C(N)=O)c2)ncc1-c1cccc(/C=C/C(=O)O)c1. The number of allylic oxidation sites excluding steroid dienone is 1. The first-order valence-corrected chi connectivity index (χ1v) is 10.9. The van der Waals surface area contributed by atoms with Gasteiger partial charge < -0.3 is 16.2 Å². The van der Waals surface area contributed by atoms with E-state index in [1.807, 2.05) is 0 Å². The van der Waals surface area contributed by atoms with Crippen LogP contribution in [-0.4, -0.2) is 39.2 Å². The molecular formula is C25H21F3N6O3. The fourth-order valence-corrected chi connectivity index (χ4v) is 3.65. The van der Waals surface area contributed by atoms with E-state index >= 15 is 0 Å². The van der Waals surface area contributed by atoms with Crippen molar-refractivity contribution in [1.82, 2.24) is 15.4 Å². The molecule has 37 heavy (non-hydrogen) atoms. The number of hydrazine groups is 1. The summed E-state index contributed by atoms with van der Waals surface area (Å²) in [5.74, 6) is -1.56. The molecule has 3 aromatic rings. The lowest BCUT2D eigenvalue weighted by molar-refractivity contribution is -0.142. The summed E-state index contributed by atoms with van der Waals surface area (Å²) in [7, 11) is 0. The minimum atomic E-state index is -4.53. The number of carboxylic acids is 1. The molecule has 1 aliphatic rings. The molecule has 0 radical (unpaired) electrons. The van der Waals surface area contributed by atoms with Crippen molar-refractivity contribution < 1.29 is 27.9 Å². The predicted octanol–water partition coefficient (Wildman–Crippen LogP) is 4.24. The van der Waals surface area contributed by atoms with Crippen LogP contribution in [0.15, 0.2) is 72.6 Å². The molecule has 1 aromatic heterocycles. The number of nitrogens with two attached hydrogens (primary N) is 1. The van der Waals surface area contributed by atoms with Crippen LogP contribution in [0.1, 0.15) is 22.8 Å². The minimum absolute atomic E-state index is 0.0624. The average molecular weight is 510 g/mol. The number of rotatable bonds is 7. The number of hydrogen-bond donors (Lipinski definition) is 4. The van der Waals surface area contributed by atoms with E-state index in [4.69, 9.17) is 10.8 Å². The van der Waals surface area contributed by atoms with E-state index < -0.39 is 24.1 Å². The zero-order valence-corrected chi connectivity index (χ0v) is 19.3. The number of anilines is 3. The van der Waals surface area contributed by atoms with E-state index in [-0.39, 0.29) is 23.0 Å². The van der Waals surface area contributed by atoms with Crippen molar-refractivity contribution in [3.8, 4) is 11.1 Å². The predicted molar refractivity (Wildman–Crippen MR) is 132 cm³/mol. The number of nitrogens with zero attached hydrogens (tertiary/aromatic N) is 3. The summed E-state index contributed by atoms with van der Waals surface area (Å²) in [6, 6.07) is 11.1. The number of benzene rings is 2. The van der Waals surface area contributed by atoms with Crippen LogP contribution in [0.4, 0.5) is 30.6 Å². The number of carboxylic acid groups (broad SMARTS) is 1. The number of carbonyl (C=O) groups excluding carboxylic acids is 1. The number of halogens is 3. The lowest BCUT2D eigenvalue weighted by atomic mass is 10.0. The lowest BCUT2D eigenvalue weighted by Crippen LogP contribution is -2.45. The summed E-state index contributed by atoms with van der Waals surface area (Å²) in [6.45, 7) is 1.51. The molecule has 1 atom stereocenters. The van der Waals surface area contributed by atoms with Crippen LogP contribution >= 0.6 is 0 Å². The van der Waals surface area contributed by atoms with Gasteiger partial charge >= 0.3 is 12.1 Å². The third-order valence-corrected chi connectivity index (χ3v) is 5.38. The highest BCUT2D eigenvalue weighted by atomic mass is 19.4. The summed E-state index contributed by atoms with van der Waals surface area (Å²) in [5.41, 5.74) is 10.2. The first-order valence-electron chi connectivity index (χ1n) is 10.9. The molecule has 1 unspecified atom stereocenters. The van der Waals surface area contributed by atoms with Crippen molar-refractivity contribution in [2.75, 3.05) is 10.3 Å². The molecule has 5 N–H and O–H groups in total. The Kier molecular flexibility index (Phi) is 6.94. The molecule has 0 saturated heterocycles. The highest BCUT2D eigenvalue weighted by Crippen LogP contribution is 2.35. The van der Waals surface area contributed by atoms with Gasteiger partial charge in [-0.3, -0.25) is 9.80 Å². The molecule has 12 heteroatoms. The van der Waals surface area contributed by atoms with Gasteiger partial charge in [-0.15, -0.1) is 0 Å². The largest absolute Gasteiger partial charge is 0.478 e. The van der Waals surface area contributed by atoms with Crippen LogP contribution in [0.2, 0.25) is 0 Å². The van der Waals surface area contributed by atoms with E-state index in [1.54, 1.807) is 36.4 Å². The number of alkyl halides is 3. The maximum absolute atomic E-state index is 13.4. The molecule has 2 heterocycles. The van der Waals surface area contributed by atoms with E-state index in [2.05, 4.69) is 20.7 Å². The van der Waals surface area contributed by atoms with Crippen LogP contribution in [0.5, 0.6) is 0 Å². The van der Waals surface area contributed by atoms with Gasteiger partial charge in [0.2, 0.25) is 11.9 Å².